The minimum atomic E-state index is -0.459. The van der Waals surface area contributed by atoms with Crippen LogP contribution in [-0.4, -0.2) is 51.6 Å². The van der Waals surface area contributed by atoms with Crippen molar-refractivity contribution in [2.75, 3.05) is 29.9 Å². The zero-order valence-corrected chi connectivity index (χ0v) is 24.1. The molecule has 11 heteroatoms. The quantitative estimate of drug-likeness (QED) is 0.255. The van der Waals surface area contributed by atoms with Crippen LogP contribution in [0.15, 0.2) is 54.9 Å². The van der Waals surface area contributed by atoms with E-state index in [2.05, 4.69) is 15.2 Å². The van der Waals surface area contributed by atoms with Crippen molar-refractivity contribution < 1.29 is 19.4 Å². The van der Waals surface area contributed by atoms with Gasteiger partial charge in [0.2, 0.25) is 0 Å². The molecule has 0 radical (unpaired) electrons. The average Bonchev–Trinajstić information content (AvgIpc) is 3.57. The Hall–Kier alpha value is -3.37. The first kappa shape index (κ1) is 27.8. The molecule has 2 aromatic carbocycles. The molecule has 2 unspecified atom stereocenters. The topological polar surface area (TPSA) is 102 Å². The summed E-state index contributed by atoms with van der Waals surface area (Å²) < 4.78 is 14.0. The average molecular weight is 597 g/mol. The third-order valence-corrected chi connectivity index (χ3v) is 8.19. The van der Waals surface area contributed by atoms with Crippen LogP contribution in [0, 0.1) is 0 Å². The molecule has 2 aromatic heterocycles. The number of benzene rings is 2. The number of fused-ring (bicyclic) bond motifs is 1. The molecule has 1 amide bonds. The summed E-state index contributed by atoms with van der Waals surface area (Å²) in [5.74, 6) is 0.212. The van der Waals surface area contributed by atoms with Crippen LogP contribution in [0.1, 0.15) is 61.0 Å². The van der Waals surface area contributed by atoms with Gasteiger partial charge in [-0.15, -0.1) is 0 Å². The summed E-state index contributed by atoms with van der Waals surface area (Å²) in [6, 6.07) is 13.2. The van der Waals surface area contributed by atoms with E-state index in [-0.39, 0.29) is 23.9 Å². The number of aliphatic hydroxyl groups excluding tert-OH is 1. The molecular weight excluding hydrogens is 565 g/mol. The number of hydrogen-bond acceptors (Lipinski definition) is 7. The van der Waals surface area contributed by atoms with Gasteiger partial charge in [0, 0.05) is 54.4 Å². The molecule has 214 valence electrons. The van der Waals surface area contributed by atoms with Crippen LogP contribution in [0.4, 0.5) is 11.4 Å². The predicted molar refractivity (Wildman–Crippen MR) is 159 cm³/mol. The van der Waals surface area contributed by atoms with E-state index in [1.807, 2.05) is 49.4 Å². The summed E-state index contributed by atoms with van der Waals surface area (Å²) in [6.07, 6.45) is 5.66. The summed E-state index contributed by atoms with van der Waals surface area (Å²) in [4.78, 5) is 19.7. The number of carbonyl (C=O) groups excluding carboxylic acids is 1. The zero-order valence-electron chi connectivity index (χ0n) is 22.6. The Bertz CT molecular complexity index is 1530. The number of pyridine rings is 1. The fourth-order valence-electron chi connectivity index (χ4n) is 5.49. The van der Waals surface area contributed by atoms with Crippen molar-refractivity contribution in [3.63, 3.8) is 0 Å². The number of aliphatic hydroxyl groups is 1. The highest BCUT2D eigenvalue weighted by Gasteiger charge is 2.26. The maximum absolute atomic E-state index is 13.6. The molecule has 4 heterocycles. The second kappa shape index (κ2) is 11.9. The van der Waals surface area contributed by atoms with Gasteiger partial charge in [0.1, 0.15) is 11.9 Å². The van der Waals surface area contributed by atoms with Gasteiger partial charge in [0.05, 0.1) is 21.7 Å². The zero-order chi connectivity index (χ0) is 28.5. The molecule has 2 aliphatic rings. The largest absolute Gasteiger partial charge is 0.486 e. The van der Waals surface area contributed by atoms with E-state index >= 15 is 0 Å². The number of rotatable bonds is 7. The maximum atomic E-state index is 13.6. The molecule has 0 spiro atoms. The van der Waals surface area contributed by atoms with Gasteiger partial charge < -0.3 is 24.8 Å². The molecule has 6 rings (SSSR count). The van der Waals surface area contributed by atoms with Crippen LogP contribution in [-0.2, 0) is 4.74 Å². The fraction of sp³-hybridized carbons (Fsp3) is 0.367. The van der Waals surface area contributed by atoms with Crippen LogP contribution in [0.25, 0.3) is 10.9 Å². The van der Waals surface area contributed by atoms with Crippen molar-refractivity contribution in [3.05, 3.63) is 76.2 Å². The van der Waals surface area contributed by atoms with E-state index in [9.17, 15) is 9.90 Å². The van der Waals surface area contributed by atoms with Gasteiger partial charge >= 0.3 is 0 Å². The Kier molecular flexibility index (Phi) is 8.03. The Morgan fingerprint density at radius 2 is 1.90 bits per heavy atom. The van der Waals surface area contributed by atoms with Gasteiger partial charge in [0.25, 0.3) is 5.91 Å². The fourth-order valence-corrected chi connectivity index (χ4v) is 6.16. The van der Waals surface area contributed by atoms with E-state index in [1.54, 1.807) is 4.68 Å². The highest BCUT2D eigenvalue weighted by atomic mass is 35.5. The highest BCUT2D eigenvalue weighted by Crippen LogP contribution is 2.35. The summed E-state index contributed by atoms with van der Waals surface area (Å²) in [5.41, 5.74) is 3.36. The minimum Gasteiger partial charge on any atom is -0.486 e. The molecule has 0 bridgehead atoms. The first-order chi connectivity index (χ1) is 19.9. The van der Waals surface area contributed by atoms with Crippen molar-refractivity contribution >= 4 is 51.4 Å². The lowest BCUT2D eigenvalue weighted by molar-refractivity contribution is -0.0367. The normalized spacial score (nSPS) is 19.9. The first-order valence-corrected chi connectivity index (χ1v) is 14.6. The van der Waals surface area contributed by atoms with Gasteiger partial charge in [0.15, 0.2) is 11.9 Å². The van der Waals surface area contributed by atoms with Crippen LogP contribution >= 0.6 is 23.2 Å². The molecule has 2 aliphatic heterocycles. The Labute approximate surface area is 248 Å². The number of nitrogens with zero attached hydrogens (tertiary/aromatic N) is 4. The van der Waals surface area contributed by atoms with Crippen molar-refractivity contribution in [1.29, 1.82) is 0 Å². The summed E-state index contributed by atoms with van der Waals surface area (Å²) in [5, 5.41) is 19.1. The molecule has 0 saturated carbocycles. The molecule has 41 heavy (non-hydrogen) atoms. The lowest BCUT2D eigenvalue weighted by Gasteiger charge is -2.23. The first-order valence-electron chi connectivity index (χ1n) is 13.8. The van der Waals surface area contributed by atoms with E-state index in [0.29, 0.717) is 45.6 Å². The Balaban J connectivity index is 1.29. The van der Waals surface area contributed by atoms with E-state index in [4.69, 9.17) is 37.8 Å². The van der Waals surface area contributed by atoms with E-state index in [0.717, 1.165) is 43.4 Å². The van der Waals surface area contributed by atoms with Crippen LogP contribution in [0.3, 0.4) is 0 Å². The monoisotopic (exact) mass is 595 g/mol. The maximum Gasteiger partial charge on any atom is 0.276 e. The number of aromatic nitrogens is 3. The second-order valence-corrected chi connectivity index (χ2v) is 11.3. The van der Waals surface area contributed by atoms with Gasteiger partial charge in [-0.3, -0.25) is 9.78 Å². The van der Waals surface area contributed by atoms with Crippen LogP contribution in [0.5, 0.6) is 5.75 Å². The second-order valence-electron chi connectivity index (χ2n) is 10.5. The Morgan fingerprint density at radius 1 is 1.12 bits per heavy atom. The lowest BCUT2D eigenvalue weighted by Crippen LogP contribution is -2.21. The predicted octanol–water partition coefficient (Wildman–Crippen LogP) is 6.40. The van der Waals surface area contributed by atoms with E-state index in [1.165, 1.54) is 12.4 Å². The summed E-state index contributed by atoms with van der Waals surface area (Å²) in [6.45, 7) is 3.93. The summed E-state index contributed by atoms with van der Waals surface area (Å²) >= 11 is 12.7. The third kappa shape index (κ3) is 5.85. The van der Waals surface area contributed by atoms with Crippen molar-refractivity contribution in [2.45, 2.75) is 51.0 Å². The number of amides is 1. The molecule has 3 atom stereocenters. The van der Waals surface area contributed by atoms with Crippen molar-refractivity contribution in [2.24, 2.45) is 0 Å². The third-order valence-electron chi connectivity index (χ3n) is 7.58. The molecule has 4 aromatic rings. The highest BCUT2D eigenvalue weighted by molar-refractivity contribution is 6.35. The lowest BCUT2D eigenvalue weighted by atomic mass is 10.1. The minimum absolute atomic E-state index is 0.247. The van der Waals surface area contributed by atoms with Crippen molar-refractivity contribution in [3.8, 4) is 5.75 Å². The van der Waals surface area contributed by atoms with Crippen LogP contribution < -0.4 is 15.0 Å². The SMILES string of the molecule is CC(Oc1ccc2c(c1)c(C(=O)Nc1ccc(N3CC[C@@H](O)C3)cc1)nn2C1CCCCO1)c1c(Cl)cncc1Cl. The molecule has 2 fully saturated rings. The molecule has 9 nitrogen and oxygen atoms in total. The number of ether oxygens (including phenoxy) is 2. The Morgan fingerprint density at radius 3 is 2.59 bits per heavy atom. The number of hydrogen-bond donors (Lipinski definition) is 2. The van der Waals surface area contributed by atoms with Gasteiger partial charge in [-0.05, 0) is 75.1 Å². The number of nitrogens with one attached hydrogen (secondary N) is 1. The molecular formula is C30H31Cl2N5O4. The summed E-state index contributed by atoms with van der Waals surface area (Å²) in [7, 11) is 0. The van der Waals surface area contributed by atoms with Crippen molar-refractivity contribution in [1.82, 2.24) is 14.8 Å². The van der Waals surface area contributed by atoms with Gasteiger partial charge in [-0.1, -0.05) is 23.2 Å². The molecule has 2 N–H and O–H groups in total. The number of halogens is 2. The molecule has 0 aliphatic carbocycles. The standard InChI is InChI=1S/C30H31Cl2N5O4/c1-18(28-24(31)15-33-16-25(28)32)41-22-9-10-26-23(14-22)29(35-37(26)27-4-2-3-13-40-27)30(39)34-19-5-7-20(8-6-19)36-12-11-21(38)17-36/h5-10,14-16,18,21,27,38H,2-4,11-13,17H2,1H3,(H,34,39)/t18?,21-,27?/m1/s1. The van der Waals surface area contributed by atoms with Gasteiger partial charge in [-0.25, -0.2) is 4.68 Å². The smallest absolute Gasteiger partial charge is 0.276 e. The number of β-amino-alcohol motifs (C(OH)–C–C–N with tert-alkyl or cyclic N) is 1. The number of carbonyl (C=O) groups is 1. The van der Waals surface area contributed by atoms with E-state index < -0.39 is 6.10 Å². The molecule has 2 saturated heterocycles. The van der Waals surface area contributed by atoms with Crippen LogP contribution in [0.2, 0.25) is 10.0 Å². The number of anilines is 2. The van der Waals surface area contributed by atoms with Gasteiger partial charge in [-0.2, -0.15) is 5.10 Å².